The number of nitrogens with one attached hydrogen (secondary N) is 1. The van der Waals surface area contributed by atoms with Crippen LogP contribution in [0.15, 0.2) is 11.6 Å². The highest BCUT2D eigenvalue weighted by atomic mass is 32.1. The fourth-order valence-electron chi connectivity index (χ4n) is 2.55. The lowest BCUT2D eigenvalue weighted by Gasteiger charge is -2.49. The van der Waals surface area contributed by atoms with E-state index in [-0.39, 0.29) is 5.54 Å². The second-order valence-electron chi connectivity index (χ2n) is 5.25. The molecule has 0 bridgehead atoms. The third-order valence-corrected chi connectivity index (χ3v) is 4.75. The maximum atomic E-state index is 5.12. The minimum atomic E-state index is 0.127. The molecule has 1 saturated carbocycles. The fraction of sp³-hybridized carbons (Fsp3) is 0.769. The predicted molar refractivity (Wildman–Crippen MR) is 71.2 cm³/mol. The summed E-state index contributed by atoms with van der Waals surface area (Å²) in [6.07, 6.45) is 4.33. The zero-order valence-electron chi connectivity index (χ0n) is 10.9. The van der Waals surface area contributed by atoms with E-state index in [4.69, 9.17) is 4.74 Å². The molecule has 0 radical (unpaired) electrons. The van der Waals surface area contributed by atoms with E-state index in [0.717, 1.165) is 25.0 Å². The molecule has 0 amide bonds. The number of hydrogen-bond acceptors (Lipinski definition) is 4. The van der Waals surface area contributed by atoms with Crippen LogP contribution in [0.1, 0.15) is 31.7 Å². The summed E-state index contributed by atoms with van der Waals surface area (Å²) >= 11 is 1.76. The van der Waals surface area contributed by atoms with Crippen LogP contribution in [0.5, 0.6) is 0 Å². The smallest absolute Gasteiger partial charge is 0.113 e. The van der Waals surface area contributed by atoms with E-state index >= 15 is 0 Å². The lowest BCUT2D eigenvalue weighted by molar-refractivity contribution is 0.0593. The highest BCUT2D eigenvalue weighted by molar-refractivity contribution is 7.09. The largest absolute Gasteiger partial charge is 0.383 e. The van der Waals surface area contributed by atoms with Crippen molar-refractivity contribution in [2.75, 3.05) is 20.3 Å². The van der Waals surface area contributed by atoms with Crippen molar-refractivity contribution in [3.8, 4) is 0 Å². The topological polar surface area (TPSA) is 34.1 Å². The van der Waals surface area contributed by atoms with E-state index in [2.05, 4.69) is 29.5 Å². The normalized spacial score (nSPS) is 28.4. The lowest BCUT2D eigenvalue weighted by Crippen LogP contribution is -2.54. The number of methoxy groups -OCH3 is 1. The van der Waals surface area contributed by atoms with Gasteiger partial charge in [0.2, 0.25) is 0 Å². The highest BCUT2D eigenvalue weighted by Crippen LogP contribution is 2.49. The van der Waals surface area contributed by atoms with E-state index in [1.807, 2.05) is 6.20 Å². The highest BCUT2D eigenvalue weighted by Gasteiger charge is 2.47. The van der Waals surface area contributed by atoms with Gasteiger partial charge in [-0.2, -0.15) is 0 Å². The van der Waals surface area contributed by atoms with Crippen LogP contribution in [-0.2, 0) is 10.3 Å². The first-order valence-corrected chi connectivity index (χ1v) is 7.20. The summed E-state index contributed by atoms with van der Waals surface area (Å²) < 4.78 is 5.12. The quantitative estimate of drug-likeness (QED) is 0.792. The van der Waals surface area contributed by atoms with E-state index < -0.39 is 0 Å². The SMILES string of the molecule is COCCNC1(c2nccs2)CC(C(C)C)C1. The Bertz CT molecular complexity index is 331. The first kappa shape index (κ1) is 13.0. The third kappa shape index (κ3) is 2.69. The molecule has 1 aromatic rings. The van der Waals surface area contributed by atoms with Crippen LogP contribution >= 0.6 is 11.3 Å². The standard InChI is InChI=1S/C13H22N2OS/c1-10(2)11-8-13(9-11,15-4-6-16-3)12-14-5-7-17-12/h5,7,10-11,15H,4,6,8-9H2,1-3H3. The molecule has 0 atom stereocenters. The van der Waals surface area contributed by atoms with Crippen LogP contribution in [0, 0.1) is 11.8 Å². The van der Waals surface area contributed by atoms with Gasteiger partial charge in [-0.1, -0.05) is 13.8 Å². The van der Waals surface area contributed by atoms with Gasteiger partial charge in [0.05, 0.1) is 12.1 Å². The van der Waals surface area contributed by atoms with Gasteiger partial charge in [0, 0.05) is 25.2 Å². The summed E-state index contributed by atoms with van der Waals surface area (Å²) in [6, 6.07) is 0. The summed E-state index contributed by atoms with van der Waals surface area (Å²) in [5.74, 6) is 1.60. The second kappa shape index (κ2) is 5.46. The molecule has 3 nitrogen and oxygen atoms in total. The molecule has 96 valence electrons. The van der Waals surface area contributed by atoms with Crippen molar-refractivity contribution >= 4 is 11.3 Å². The van der Waals surface area contributed by atoms with Crippen molar-refractivity contribution in [3.05, 3.63) is 16.6 Å². The van der Waals surface area contributed by atoms with Crippen molar-refractivity contribution in [2.45, 2.75) is 32.2 Å². The molecule has 2 rings (SSSR count). The Hall–Kier alpha value is -0.450. The number of nitrogens with zero attached hydrogens (tertiary/aromatic N) is 1. The summed E-state index contributed by atoms with van der Waals surface area (Å²) in [7, 11) is 1.75. The van der Waals surface area contributed by atoms with Gasteiger partial charge in [0.1, 0.15) is 5.01 Å². The number of hydrogen-bond donors (Lipinski definition) is 1. The van der Waals surface area contributed by atoms with Crippen molar-refractivity contribution < 1.29 is 4.74 Å². The summed E-state index contributed by atoms with van der Waals surface area (Å²) in [5.41, 5.74) is 0.127. The summed E-state index contributed by atoms with van der Waals surface area (Å²) in [4.78, 5) is 4.50. The molecule has 1 aliphatic rings. The van der Waals surface area contributed by atoms with Gasteiger partial charge < -0.3 is 10.1 Å². The van der Waals surface area contributed by atoms with Gasteiger partial charge in [-0.15, -0.1) is 11.3 Å². The van der Waals surface area contributed by atoms with Gasteiger partial charge in [-0.3, -0.25) is 0 Å². The Labute approximate surface area is 108 Å². The number of aromatic nitrogens is 1. The monoisotopic (exact) mass is 254 g/mol. The van der Waals surface area contributed by atoms with Gasteiger partial charge in [-0.25, -0.2) is 4.98 Å². The molecule has 1 N–H and O–H groups in total. The van der Waals surface area contributed by atoms with Gasteiger partial charge >= 0.3 is 0 Å². The summed E-state index contributed by atoms with van der Waals surface area (Å²) in [5, 5.41) is 6.95. The molecule has 4 heteroatoms. The first-order chi connectivity index (χ1) is 8.18. The molecule has 0 aliphatic heterocycles. The Morgan fingerprint density at radius 1 is 1.59 bits per heavy atom. The molecular formula is C13H22N2OS. The number of rotatable bonds is 6. The summed E-state index contributed by atoms with van der Waals surface area (Å²) in [6.45, 7) is 6.29. The van der Waals surface area contributed by atoms with Gasteiger partial charge in [0.15, 0.2) is 0 Å². The molecule has 0 unspecified atom stereocenters. The lowest BCUT2D eigenvalue weighted by atomic mass is 9.64. The Kier molecular flexibility index (Phi) is 4.17. The van der Waals surface area contributed by atoms with E-state index in [1.165, 1.54) is 17.8 Å². The van der Waals surface area contributed by atoms with Crippen LogP contribution in [0.25, 0.3) is 0 Å². The maximum absolute atomic E-state index is 5.12. The fourth-order valence-corrected chi connectivity index (χ4v) is 3.39. The third-order valence-electron chi connectivity index (χ3n) is 3.78. The predicted octanol–water partition coefficient (Wildman–Crippen LogP) is 2.64. The molecule has 1 heterocycles. The van der Waals surface area contributed by atoms with Crippen LogP contribution < -0.4 is 5.32 Å². The average Bonchev–Trinajstić information content (AvgIpc) is 2.74. The molecule has 0 saturated heterocycles. The van der Waals surface area contributed by atoms with Crippen molar-refractivity contribution in [1.82, 2.24) is 10.3 Å². The first-order valence-electron chi connectivity index (χ1n) is 6.32. The molecular weight excluding hydrogens is 232 g/mol. The maximum Gasteiger partial charge on any atom is 0.113 e. The molecule has 1 fully saturated rings. The molecule has 1 aliphatic carbocycles. The Morgan fingerprint density at radius 2 is 2.35 bits per heavy atom. The van der Waals surface area contributed by atoms with Crippen LogP contribution in [0.3, 0.4) is 0 Å². The van der Waals surface area contributed by atoms with E-state index in [1.54, 1.807) is 18.4 Å². The van der Waals surface area contributed by atoms with Crippen molar-refractivity contribution in [1.29, 1.82) is 0 Å². The van der Waals surface area contributed by atoms with Crippen molar-refractivity contribution in [3.63, 3.8) is 0 Å². The molecule has 0 aromatic carbocycles. The van der Waals surface area contributed by atoms with Crippen LogP contribution in [-0.4, -0.2) is 25.2 Å². The van der Waals surface area contributed by atoms with Gasteiger partial charge in [0.25, 0.3) is 0 Å². The van der Waals surface area contributed by atoms with E-state index in [9.17, 15) is 0 Å². The van der Waals surface area contributed by atoms with E-state index in [0.29, 0.717) is 0 Å². The number of thiazole rings is 1. The average molecular weight is 254 g/mol. The minimum absolute atomic E-state index is 0.127. The van der Waals surface area contributed by atoms with Crippen LogP contribution in [0.2, 0.25) is 0 Å². The zero-order chi connectivity index (χ0) is 12.3. The zero-order valence-corrected chi connectivity index (χ0v) is 11.7. The Balaban J connectivity index is 2.00. The minimum Gasteiger partial charge on any atom is -0.383 e. The molecule has 0 spiro atoms. The van der Waals surface area contributed by atoms with Crippen LogP contribution in [0.4, 0.5) is 0 Å². The number of ether oxygens (including phenoxy) is 1. The van der Waals surface area contributed by atoms with Gasteiger partial charge in [-0.05, 0) is 24.7 Å². The second-order valence-corrected chi connectivity index (χ2v) is 6.15. The molecule has 17 heavy (non-hydrogen) atoms. The Morgan fingerprint density at radius 3 is 2.88 bits per heavy atom. The van der Waals surface area contributed by atoms with Crippen molar-refractivity contribution in [2.24, 2.45) is 11.8 Å². The molecule has 1 aromatic heterocycles.